The minimum Gasteiger partial charge on any atom is -0.494 e. The third kappa shape index (κ3) is 7.12. The smallest absolute Gasteiger partial charge is 0.494 e. The average molecular weight is 414 g/mol. The average Bonchev–Trinajstić information content (AvgIpc) is 2.68. The van der Waals surface area contributed by atoms with E-state index < -0.39 is 11.8 Å². The van der Waals surface area contributed by atoms with Crippen molar-refractivity contribution in [3.8, 4) is 17.2 Å². The second-order valence-corrected chi connectivity index (χ2v) is 7.14. The molecule has 30 heavy (non-hydrogen) atoms. The molecule has 160 valence electrons. The van der Waals surface area contributed by atoms with Crippen LogP contribution in [-0.4, -0.2) is 37.6 Å². The molecule has 0 saturated carbocycles. The second-order valence-electron chi connectivity index (χ2n) is 7.14. The highest BCUT2D eigenvalue weighted by Crippen LogP contribution is 2.28. The maximum Gasteiger partial charge on any atom is 0.514 e. The fourth-order valence-corrected chi connectivity index (χ4v) is 2.33. The van der Waals surface area contributed by atoms with Crippen LogP contribution in [0.5, 0.6) is 17.2 Å². The van der Waals surface area contributed by atoms with E-state index in [0.29, 0.717) is 29.2 Å². The first-order valence-corrected chi connectivity index (χ1v) is 9.37. The van der Waals surface area contributed by atoms with Crippen molar-refractivity contribution in [2.45, 2.75) is 33.3 Å². The summed E-state index contributed by atoms with van der Waals surface area (Å²) in [5, 5.41) is 3.95. The third-order valence-electron chi connectivity index (χ3n) is 3.56. The Labute approximate surface area is 175 Å². The summed E-state index contributed by atoms with van der Waals surface area (Å²) in [6.07, 6.45) is 0.619. The Morgan fingerprint density at radius 3 is 2.53 bits per heavy atom. The van der Waals surface area contributed by atoms with Crippen molar-refractivity contribution < 1.29 is 28.5 Å². The van der Waals surface area contributed by atoms with E-state index in [0.717, 1.165) is 0 Å². The minimum absolute atomic E-state index is 0.209. The molecular weight excluding hydrogens is 388 g/mol. The standard InChI is InChI=1S/C22H26N2O6/c1-6-28-17-9-7-8-16(13-17)20(25)24-23-14-15-10-11-18(19(12-15)27-5)29-21(26)30-22(2,3)4/h7-14H,6H2,1-5H3,(H,24,25)/b23-14+. The first kappa shape index (κ1) is 22.7. The van der Waals surface area contributed by atoms with Crippen LogP contribution in [0.4, 0.5) is 4.79 Å². The van der Waals surface area contributed by atoms with E-state index in [1.54, 1.807) is 63.2 Å². The van der Waals surface area contributed by atoms with Gasteiger partial charge in [-0.2, -0.15) is 5.10 Å². The number of amides is 1. The molecule has 0 saturated heterocycles. The van der Waals surface area contributed by atoms with E-state index in [-0.39, 0.29) is 11.7 Å². The first-order valence-electron chi connectivity index (χ1n) is 9.37. The van der Waals surface area contributed by atoms with E-state index in [9.17, 15) is 9.59 Å². The van der Waals surface area contributed by atoms with Crippen molar-refractivity contribution in [1.82, 2.24) is 5.43 Å². The van der Waals surface area contributed by atoms with E-state index in [4.69, 9.17) is 18.9 Å². The molecule has 0 heterocycles. The van der Waals surface area contributed by atoms with Gasteiger partial charge in [0.1, 0.15) is 11.4 Å². The summed E-state index contributed by atoms with van der Waals surface area (Å²) in [7, 11) is 1.45. The molecule has 1 amide bonds. The Hall–Kier alpha value is -3.55. The molecule has 1 N–H and O–H groups in total. The largest absolute Gasteiger partial charge is 0.514 e. The molecule has 2 rings (SSSR count). The van der Waals surface area contributed by atoms with Gasteiger partial charge in [0.25, 0.3) is 5.91 Å². The Bertz CT molecular complexity index is 918. The quantitative estimate of drug-likeness (QED) is 0.316. The Balaban J connectivity index is 2.02. The second kappa shape index (κ2) is 10.3. The van der Waals surface area contributed by atoms with Gasteiger partial charge in [-0.05, 0) is 69.7 Å². The van der Waals surface area contributed by atoms with E-state index >= 15 is 0 Å². The number of ether oxygens (including phenoxy) is 4. The number of carbonyl (C=O) groups is 2. The number of hydrazone groups is 1. The first-order chi connectivity index (χ1) is 14.2. The SMILES string of the molecule is CCOc1cccc(C(=O)N/N=C/c2ccc(OC(=O)OC(C)(C)C)c(OC)c2)c1. The number of hydrogen-bond acceptors (Lipinski definition) is 7. The van der Waals surface area contributed by atoms with E-state index in [1.807, 2.05) is 6.92 Å². The fraction of sp³-hybridized carbons (Fsp3) is 0.318. The molecular formula is C22H26N2O6. The van der Waals surface area contributed by atoms with Gasteiger partial charge in [0.15, 0.2) is 11.5 Å². The summed E-state index contributed by atoms with van der Waals surface area (Å²) in [6, 6.07) is 11.6. The molecule has 0 spiro atoms. The Kier molecular flexibility index (Phi) is 7.80. The number of carbonyl (C=O) groups excluding carboxylic acids is 2. The Morgan fingerprint density at radius 1 is 1.10 bits per heavy atom. The van der Waals surface area contributed by atoms with Crippen LogP contribution in [0.25, 0.3) is 0 Å². The highest BCUT2D eigenvalue weighted by atomic mass is 16.7. The predicted octanol–water partition coefficient (Wildman–Crippen LogP) is 4.17. The minimum atomic E-state index is -0.830. The van der Waals surface area contributed by atoms with Crippen molar-refractivity contribution in [2.75, 3.05) is 13.7 Å². The van der Waals surface area contributed by atoms with Crippen LogP contribution in [0.1, 0.15) is 43.6 Å². The molecule has 0 aliphatic rings. The van der Waals surface area contributed by atoms with Crippen molar-refractivity contribution in [2.24, 2.45) is 5.10 Å². The van der Waals surface area contributed by atoms with Crippen LogP contribution in [-0.2, 0) is 4.74 Å². The summed E-state index contributed by atoms with van der Waals surface area (Å²) in [5.74, 6) is 0.769. The van der Waals surface area contributed by atoms with Gasteiger partial charge in [-0.15, -0.1) is 0 Å². The summed E-state index contributed by atoms with van der Waals surface area (Å²) in [4.78, 5) is 24.1. The van der Waals surface area contributed by atoms with Crippen LogP contribution in [0.15, 0.2) is 47.6 Å². The van der Waals surface area contributed by atoms with Crippen molar-refractivity contribution in [3.63, 3.8) is 0 Å². The molecule has 0 aliphatic heterocycles. The molecule has 0 radical (unpaired) electrons. The van der Waals surface area contributed by atoms with Crippen LogP contribution >= 0.6 is 0 Å². The highest BCUT2D eigenvalue weighted by Gasteiger charge is 2.19. The summed E-state index contributed by atoms with van der Waals surface area (Å²) < 4.78 is 21.0. The normalized spacial score (nSPS) is 11.1. The number of benzene rings is 2. The molecule has 2 aromatic rings. The predicted molar refractivity (Wildman–Crippen MR) is 113 cm³/mol. The van der Waals surface area contributed by atoms with Crippen LogP contribution < -0.4 is 19.6 Å². The maximum absolute atomic E-state index is 12.2. The zero-order valence-corrected chi connectivity index (χ0v) is 17.7. The van der Waals surface area contributed by atoms with Gasteiger partial charge in [0, 0.05) is 5.56 Å². The van der Waals surface area contributed by atoms with Gasteiger partial charge in [-0.1, -0.05) is 6.07 Å². The van der Waals surface area contributed by atoms with Gasteiger partial charge in [0.2, 0.25) is 0 Å². The van der Waals surface area contributed by atoms with Crippen molar-refractivity contribution >= 4 is 18.3 Å². The molecule has 0 unspecified atom stereocenters. The molecule has 0 aliphatic carbocycles. The molecule has 8 nitrogen and oxygen atoms in total. The molecule has 0 aromatic heterocycles. The molecule has 2 aromatic carbocycles. The molecule has 0 bridgehead atoms. The van der Waals surface area contributed by atoms with Gasteiger partial charge < -0.3 is 18.9 Å². The highest BCUT2D eigenvalue weighted by molar-refractivity contribution is 5.95. The van der Waals surface area contributed by atoms with Crippen LogP contribution in [0.2, 0.25) is 0 Å². The van der Waals surface area contributed by atoms with Gasteiger partial charge in [-0.25, -0.2) is 10.2 Å². The summed E-state index contributed by atoms with van der Waals surface area (Å²) in [6.45, 7) is 7.61. The maximum atomic E-state index is 12.2. The monoisotopic (exact) mass is 414 g/mol. The van der Waals surface area contributed by atoms with Crippen molar-refractivity contribution in [3.05, 3.63) is 53.6 Å². The van der Waals surface area contributed by atoms with E-state index in [1.165, 1.54) is 13.3 Å². The van der Waals surface area contributed by atoms with Crippen LogP contribution in [0, 0.1) is 0 Å². The summed E-state index contributed by atoms with van der Waals surface area (Å²) in [5.41, 5.74) is 2.85. The van der Waals surface area contributed by atoms with Gasteiger partial charge in [-0.3, -0.25) is 4.79 Å². The zero-order chi connectivity index (χ0) is 22.1. The van der Waals surface area contributed by atoms with Crippen molar-refractivity contribution in [1.29, 1.82) is 0 Å². The number of nitrogens with zero attached hydrogens (tertiary/aromatic N) is 1. The fourth-order valence-electron chi connectivity index (χ4n) is 2.33. The lowest BCUT2D eigenvalue weighted by molar-refractivity contribution is 0.0201. The molecule has 0 fully saturated rings. The number of methoxy groups -OCH3 is 1. The van der Waals surface area contributed by atoms with Crippen LogP contribution in [0.3, 0.4) is 0 Å². The number of hydrogen-bond donors (Lipinski definition) is 1. The van der Waals surface area contributed by atoms with Gasteiger partial charge in [0.05, 0.1) is 19.9 Å². The zero-order valence-electron chi connectivity index (χ0n) is 17.7. The third-order valence-corrected chi connectivity index (χ3v) is 3.56. The van der Waals surface area contributed by atoms with Gasteiger partial charge >= 0.3 is 6.16 Å². The topological polar surface area (TPSA) is 95.5 Å². The molecule has 8 heteroatoms. The lowest BCUT2D eigenvalue weighted by atomic mass is 10.2. The number of nitrogens with one attached hydrogen (secondary N) is 1. The lowest BCUT2D eigenvalue weighted by Gasteiger charge is -2.19. The Morgan fingerprint density at radius 2 is 1.87 bits per heavy atom. The molecule has 0 atom stereocenters. The summed E-state index contributed by atoms with van der Waals surface area (Å²) >= 11 is 0. The number of rotatable bonds is 7. The van der Waals surface area contributed by atoms with E-state index in [2.05, 4.69) is 10.5 Å². The lowest BCUT2D eigenvalue weighted by Crippen LogP contribution is -2.26.